The fourth-order valence-corrected chi connectivity index (χ4v) is 1.83. The first kappa shape index (κ1) is 12.5. The van der Waals surface area contributed by atoms with E-state index in [-0.39, 0.29) is 12.0 Å². The second-order valence-electron chi connectivity index (χ2n) is 4.14. The van der Waals surface area contributed by atoms with Crippen molar-refractivity contribution in [1.29, 1.82) is 0 Å². The zero-order valence-corrected chi connectivity index (χ0v) is 10.0. The summed E-state index contributed by atoms with van der Waals surface area (Å²) in [6.45, 7) is 5.67. The molecular formula is C11H22N2O2. The molecule has 0 aromatic carbocycles. The van der Waals surface area contributed by atoms with Crippen molar-refractivity contribution in [1.82, 2.24) is 9.80 Å². The van der Waals surface area contributed by atoms with E-state index in [2.05, 4.69) is 18.9 Å². The van der Waals surface area contributed by atoms with E-state index < -0.39 is 0 Å². The average molecular weight is 214 g/mol. The number of carbonyl (C=O) groups is 1. The van der Waals surface area contributed by atoms with Gasteiger partial charge in [-0.2, -0.15) is 0 Å². The summed E-state index contributed by atoms with van der Waals surface area (Å²) in [5.41, 5.74) is 0. The Hall–Kier alpha value is -0.610. The van der Waals surface area contributed by atoms with E-state index in [4.69, 9.17) is 4.74 Å². The second kappa shape index (κ2) is 6.08. The number of likely N-dealkylation sites (N-methyl/N-ethyl adjacent to an activating group) is 1. The molecule has 0 aromatic heterocycles. The Bertz CT molecular complexity index is 201. The van der Waals surface area contributed by atoms with Gasteiger partial charge in [-0.05, 0) is 13.5 Å². The summed E-state index contributed by atoms with van der Waals surface area (Å²) in [6, 6.07) is 0. The maximum atomic E-state index is 12.0. The molecule has 0 saturated carbocycles. The van der Waals surface area contributed by atoms with Crippen molar-refractivity contribution in [3.63, 3.8) is 0 Å². The fourth-order valence-electron chi connectivity index (χ4n) is 1.83. The van der Waals surface area contributed by atoms with Crippen LogP contribution in [-0.4, -0.2) is 62.1 Å². The maximum absolute atomic E-state index is 12.0. The third kappa shape index (κ3) is 3.47. The van der Waals surface area contributed by atoms with Gasteiger partial charge < -0.3 is 14.5 Å². The summed E-state index contributed by atoms with van der Waals surface area (Å²) in [4.78, 5) is 16.2. The Labute approximate surface area is 92.2 Å². The van der Waals surface area contributed by atoms with Crippen LogP contribution in [0.4, 0.5) is 0 Å². The third-order valence-corrected chi connectivity index (χ3v) is 2.93. The molecule has 1 aliphatic heterocycles. The van der Waals surface area contributed by atoms with Crippen LogP contribution in [0.25, 0.3) is 0 Å². The number of hydrogen-bond acceptors (Lipinski definition) is 3. The van der Waals surface area contributed by atoms with Crippen LogP contribution < -0.4 is 0 Å². The van der Waals surface area contributed by atoms with Gasteiger partial charge in [-0.15, -0.1) is 0 Å². The normalized spacial score (nSPS) is 20.3. The van der Waals surface area contributed by atoms with Crippen molar-refractivity contribution in [3.8, 4) is 0 Å². The Kier molecular flexibility index (Phi) is 5.05. The van der Waals surface area contributed by atoms with Crippen molar-refractivity contribution in [2.75, 3.05) is 40.3 Å². The summed E-state index contributed by atoms with van der Waals surface area (Å²) in [5.74, 6) is 0.160. The molecule has 0 spiro atoms. The molecule has 0 radical (unpaired) electrons. The molecule has 1 aliphatic rings. The molecule has 15 heavy (non-hydrogen) atoms. The highest BCUT2D eigenvalue weighted by Crippen LogP contribution is 2.08. The highest BCUT2D eigenvalue weighted by atomic mass is 16.5. The minimum absolute atomic E-state index is 0.160. The second-order valence-corrected chi connectivity index (χ2v) is 4.14. The number of nitrogens with zero attached hydrogens (tertiary/aromatic N) is 2. The number of rotatable bonds is 4. The van der Waals surface area contributed by atoms with E-state index in [1.807, 2.05) is 4.90 Å². The smallest absolute Gasteiger partial charge is 0.251 e. The lowest BCUT2D eigenvalue weighted by Gasteiger charge is -2.34. The largest absolute Gasteiger partial charge is 0.372 e. The minimum atomic E-state index is -0.238. The van der Waals surface area contributed by atoms with Crippen molar-refractivity contribution in [2.24, 2.45) is 0 Å². The van der Waals surface area contributed by atoms with E-state index in [1.54, 1.807) is 7.11 Å². The van der Waals surface area contributed by atoms with Gasteiger partial charge in [-0.1, -0.05) is 13.3 Å². The van der Waals surface area contributed by atoms with Gasteiger partial charge >= 0.3 is 0 Å². The molecule has 0 N–H and O–H groups in total. The number of carbonyl (C=O) groups excluding carboxylic acids is 1. The van der Waals surface area contributed by atoms with Gasteiger partial charge in [0, 0.05) is 33.3 Å². The van der Waals surface area contributed by atoms with Crippen LogP contribution in [0.3, 0.4) is 0 Å². The first-order valence-electron chi connectivity index (χ1n) is 5.69. The number of hydrogen-bond donors (Lipinski definition) is 0. The Morgan fingerprint density at radius 2 is 1.93 bits per heavy atom. The van der Waals surface area contributed by atoms with Crippen LogP contribution in [-0.2, 0) is 9.53 Å². The van der Waals surface area contributed by atoms with Crippen molar-refractivity contribution >= 4 is 5.91 Å². The molecule has 1 heterocycles. The molecule has 1 atom stereocenters. The topological polar surface area (TPSA) is 32.8 Å². The first-order valence-corrected chi connectivity index (χ1v) is 5.69. The van der Waals surface area contributed by atoms with Crippen molar-refractivity contribution < 1.29 is 9.53 Å². The lowest BCUT2D eigenvalue weighted by Crippen LogP contribution is -2.50. The number of ether oxygens (including phenoxy) is 1. The van der Waals surface area contributed by atoms with Gasteiger partial charge in [0.2, 0.25) is 0 Å². The predicted octanol–water partition coefficient (Wildman–Crippen LogP) is 0.575. The molecule has 4 heteroatoms. The van der Waals surface area contributed by atoms with E-state index >= 15 is 0 Å². The van der Waals surface area contributed by atoms with Gasteiger partial charge in [-0.3, -0.25) is 4.79 Å². The van der Waals surface area contributed by atoms with Gasteiger partial charge in [0.15, 0.2) is 0 Å². The molecular weight excluding hydrogens is 192 g/mol. The van der Waals surface area contributed by atoms with Gasteiger partial charge in [0.1, 0.15) is 6.10 Å². The molecule has 0 bridgehead atoms. The molecule has 0 aromatic rings. The van der Waals surface area contributed by atoms with Crippen molar-refractivity contribution in [3.05, 3.63) is 0 Å². The fraction of sp³-hybridized carbons (Fsp3) is 0.909. The minimum Gasteiger partial charge on any atom is -0.372 e. The zero-order valence-electron chi connectivity index (χ0n) is 10.0. The number of amides is 1. The summed E-state index contributed by atoms with van der Waals surface area (Å²) in [7, 11) is 3.70. The van der Waals surface area contributed by atoms with Crippen LogP contribution in [0.1, 0.15) is 19.8 Å². The summed E-state index contributed by atoms with van der Waals surface area (Å²) in [5, 5.41) is 0. The van der Waals surface area contributed by atoms with E-state index in [0.29, 0.717) is 0 Å². The highest BCUT2D eigenvalue weighted by molar-refractivity contribution is 5.81. The molecule has 1 amide bonds. The zero-order chi connectivity index (χ0) is 11.3. The molecule has 0 aliphatic carbocycles. The Morgan fingerprint density at radius 3 is 2.40 bits per heavy atom. The molecule has 88 valence electrons. The van der Waals surface area contributed by atoms with E-state index in [9.17, 15) is 4.79 Å². The summed E-state index contributed by atoms with van der Waals surface area (Å²) < 4.78 is 5.23. The lowest BCUT2D eigenvalue weighted by atomic mass is 10.1. The average Bonchev–Trinajstić information content (AvgIpc) is 2.26. The van der Waals surface area contributed by atoms with Gasteiger partial charge in [-0.25, -0.2) is 0 Å². The van der Waals surface area contributed by atoms with Crippen LogP contribution in [0.5, 0.6) is 0 Å². The van der Waals surface area contributed by atoms with Crippen molar-refractivity contribution in [2.45, 2.75) is 25.9 Å². The first-order chi connectivity index (χ1) is 7.19. The standard InChI is InChI=1S/C11H22N2O2/c1-4-5-10(15-3)11(14)13-8-6-12(2)7-9-13/h10H,4-9H2,1-3H3. The summed E-state index contributed by atoms with van der Waals surface area (Å²) in [6.07, 6.45) is 1.57. The monoisotopic (exact) mass is 214 g/mol. The van der Waals surface area contributed by atoms with E-state index in [1.165, 1.54) is 0 Å². The quantitative estimate of drug-likeness (QED) is 0.686. The van der Waals surface area contributed by atoms with Gasteiger partial charge in [0.25, 0.3) is 5.91 Å². The maximum Gasteiger partial charge on any atom is 0.251 e. The lowest BCUT2D eigenvalue weighted by molar-refractivity contribution is -0.144. The predicted molar refractivity (Wildman–Crippen MR) is 59.8 cm³/mol. The molecule has 1 saturated heterocycles. The third-order valence-electron chi connectivity index (χ3n) is 2.93. The molecule has 4 nitrogen and oxygen atoms in total. The molecule has 1 rings (SSSR count). The molecule has 1 fully saturated rings. The summed E-state index contributed by atoms with van der Waals surface area (Å²) >= 11 is 0. The van der Waals surface area contributed by atoms with Gasteiger partial charge in [0.05, 0.1) is 0 Å². The number of methoxy groups -OCH3 is 1. The highest BCUT2D eigenvalue weighted by Gasteiger charge is 2.25. The van der Waals surface area contributed by atoms with Crippen LogP contribution in [0.2, 0.25) is 0 Å². The SMILES string of the molecule is CCCC(OC)C(=O)N1CCN(C)CC1. The van der Waals surface area contributed by atoms with Crippen LogP contribution in [0.15, 0.2) is 0 Å². The Balaban J connectivity index is 2.44. The van der Waals surface area contributed by atoms with Crippen LogP contribution >= 0.6 is 0 Å². The Morgan fingerprint density at radius 1 is 1.33 bits per heavy atom. The number of piperazine rings is 1. The van der Waals surface area contributed by atoms with E-state index in [0.717, 1.165) is 39.0 Å². The molecule has 1 unspecified atom stereocenters. The van der Waals surface area contributed by atoms with Crippen LogP contribution in [0, 0.1) is 0 Å².